The molecule has 150 valence electrons. The normalized spacial score (nSPS) is 28.5. The lowest BCUT2D eigenvalue weighted by Gasteiger charge is -2.18. The second-order valence-electron chi connectivity index (χ2n) is 5.55. The van der Waals surface area contributed by atoms with Crippen molar-refractivity contribution in [3.63, 3.8) is 0 Å². The molecule has 8 N–H and O–H groups in total. The first kappa shape index (κ1) is 20.2. The monoisotopic (exact) mass is 426 g/mol. The average Bonchev–Trinajstić information content (AvgIpc) is 3.07. The molecule has 0 spiro atoms. The molecule has 2 aromatic rings. The number of anilines is 1. The van der Waals surface area contributed by atoms with Crippen molar-refractivity contribution in [1.29, 1.82) is 0 Å². The SMILES string of the molecule is Nc1ncnc2c1ncn2[C@@H]1O[C@@H](COP(=O)(O)OP(=O)(O)O)[C@H](N)[C@H]1O. The Morgan fingerprint density at radius 1 is 1.26 bits per heavy atom. The average molecular weight is 426 g/mol. The predicted octanol–water partition coefficient (Wildman–Crippen LogP) is -1.78. The molecule has 0 amide bonds. The van der Waals surface area contributed by atoms with E-state index in [1.54, 1.807) is 0 Å². The fraction of sp³-hybridized carbons (Fsp3) is 0.500. The number of rotatable bonds is 6. The minimum atomic E-state index is -5.26. The molecule has 0 bridgehead atoms. The highest BCUT2D eigenvalue weighted by molar-refractivity contribution is 7.60. The number of aliphatic hydroxyl groups is 1. The summed E-state index contributed by atoms with van der Waals surface area (Å²) in [6.45, 7) is -0.688. The summed E-state index contributed by atoms with van der Waals surface area (Å²) in [5.41, 5.74) is 12.1. The van der Waals surface area contributed by atoms with Gasteiger partial charge in [-0.2, -0.15) is 4.31 Å². The number of hydrogen-bond donors (Lipinski definition) is 6. The third-order valence-electron chi connectivity index (χ3n) is 3.70. The summed E-state index contributed by atoms with van der Waals surface area (Å²) in [6.07, 6.45) is -0.976. The Labute approximate surface area is 150 Å². The molecule has 0 aliphatic carbocycles. The van der Waals surface area contributed by atoms with Gasteiger partial charge >= 0.3 is 15.6 Å². The van der Waals surface area contributed by atoms with Gasteiger partial charge in [0.2, 0.25) is 0 Å². The van der Waals surface area contributed by atoms with Crippen molar-refractivity contribution >= 4 is 32.6 Å². The van der Waals surface area contributed by atoms with Gasteiger partial charge in [0.25, 0.3) is 0 Å². The Balaban J connectivity index is 1.75. The van der Waals surface area contributed by atoms with Crippen LogP contribution in [0.5, 0.6) is 0 Å². The van der Waals surface area contributed by atoms with E-state index in [1.165, 1.54) is 17.2 Å². The molecule has 1 unspecified atom stereocenters. The topological polar surface area (TPSA) is 238 Å². The molecule has 0 aromatic carbocycles. The smallest absolute Gasteiger partial charge is 0.387 e. The number of fused-ring (bicyclic) bond motifs is 1. The summed E-state index contributed by atoms with van der Waals surface area (Å²) in [5, 5.41) is 10.3. The van der Waals surface area contributed by atoms with Crippen molar-refractivity contribution in [3.05, 3.63) is 12.7 Å². The molecule has 2 aromatic heterocycles. The van der Waals surface area contributed by atoms with Crippen LogP contribution in [-0.2, 0) is 22.7 Å². The summed E-state index contributed by atoms with van der Waals surface area (Å²) < 4.78 is 37.2. The first-order valence-electron chi connectivity index (χ1n) is 7.25. The Kier molecular flexibility index (Phi) is 5.35. The third-order valence-corrected chi connectivity index (χ3v) is 5.85. The van der Waals surface area contributed by atoms with Crippen LogP contribution in [0, 0.1) is 0 Å². The highest BCUT2D eigenvalue weighted by atomic mass is 31.3. The van der Waals surface area contributed by atoms with Gasteiger partial charge in [-0.1, -0.05) is 0 Å². The second kappa shape index (κ2) is 7.14. The molecule has 3 heterocycles. The van der Waals surface area contributed by atoms with Crippen molar-refractivity contribution in [3.8, 4) is 0 Å². The summed E-state index contributed by atoms with van der Waals surface area (Å²) in [6, 6.07) is -1.07. The first-order valence-corrected chi connectivity index (χ1v) is 10.3. The number of ether oxygens (including phenoxy) is 1. The van der Waals surface area contributed by atoms with Gasteiger partial charge in [0.1, 0.15) is 24.1 Å². The van der Waals surface area contributed by atoms with Gasteiger partial charge in [-0.3, -0.25) is 9.09 Å². The Morgan fingerprint density at radius 2 is 1.96 bits per heavy atom. The van der Waals surface area contributed by atoms with E-state index in [0.29, 0.717) is 0 Å². The van der Waals surface area contributed by atoms with Crippen LogP contribution in [0.1, 0.15) is 6.23 Å². The second-order valence-corrected chi connectivity index (χ2v) is 8.38. The Bertz CT molecular complexity index is 933. The van der Waals surface area contributed by atoms with E-state index >= 15 is 0 Å². The number of imidazole rings is 1. The van der Waals surface area contributed by atoms with Gasteiger partial charge in [0.05, 0.1) is 19.0 Å². The fourth-order valence-electron chi connectivity index (χ4n) is 2.52. The molecule has 5 atom stereocenters. The zero-order valence-electron chi connectivity index (χ0n) is 13.3. The van der Waals surface area contributed by atoms with E-state index in [2.05, 4.69) is 23.8 Å². The maximum Gasteiger partial charge on any atom is 0.481 e. The molecule has 15 nitrogen and oxygen atoms in total. The van der Waals surface area contributed by atoms with E-state index in [1.807, 2.05) is 0 Å². The molecule has 0 radical (unpaired) electrons. The van der Waals surface area contributed by atoms with E-state index in [0.717, 1.165) is 0 Å². The molecule has 17 heteroatoms. The number of hydrogen-bond acceptors (Lipinski definition) is 11. The molecule has 0 saturated carbocycles. The van der Waals surface area contributed by atoms with E-state index in [9.17, 15) is 19.1 Å². The molecule has 27 heavy (non-hydrogen) atoms. The Hall–Kier alpha value is -1.51. The van der Waals surface area contributed by atoms with Gasteiger partial charge < -0.3 is 36.0 Å². The van der Waals surface area contributed by atoms with Crippen LogP contribution < -0.4 is 11.5 Å². The third kappa shape index (κ3) is 4.33. The van der Waals surface area contributed by atoms with Gasteiger partial charge in [0.15, 0.2) is 17.7 Å². The number of nitrogen functional groups attached to an aromatic ring is 1. The Morgan fingerprint density at radius 3 is 2.63 bits per heavy atom. The molecule has 1 fully saturated rings. The molecule has 1 saturated heterocycles. The maximum atomic E-state index is 11.5. The number of nitrogens with zero attached hydrogens (tertiary/aromatic N) is 4. The number of phosphoric acid groups is 2. The highest BCUT2D eigenvalue weighted by Gasteiger charge is 2.45. The lowest BCUT2D eigenvalue weighted by Crippen LogP contribution is -2.41. The van der Waals surface area contributed by atoms with Crippen LogP contribution in [0.4, 0.5) is 5.82 Å². The van der Waals surface area contributed by atoms with Crippen LogP contribution in [0.15, 0.2) is 12.7 Å². The molecule has 1 aliphatic heterocycles. The minimum absolute atomic E-state index is 0.117. The van der Waals surface area contributed by atoms with Crippen molar-refractivity contribution in [1.82, 2.24) is 19.5 Å². The number of aromatic nitrogens is 4. The van der Waals surface area contributed by atoms with Crippen LogP contribution in [-0.4, -0.2) is 64.2 Å². The molecule has 1 aliphatic rings. The van der Waals surface area contributed by atoms with Crippen molar-refractivity contribution in [2.75, 3.05) is 12.3 Å². The number of phosphoric ester groups is 1. The zero-order valence-corrected chi connectivity index (χ0v) is 15.1. The van der Waals surface area contributed by atoms with E-state index in [4.69, 9.17) is 26.0 Å². The molecular formula is C10H16N6O9P2. The van der Waals surface area contributed by atoms with Gasteiger partial charge in [-0.15, -0.1) is 0 Å². The summed E-state index contributed by atoms with van der Waals surface area (Å²) in [5.74, 6) is 0.117. The van der Waals surface area contributed by atoms with Crippen LogP contribution in [0.3, 0.4) is 0 Å². The summed E-state index contributed by atoms with van der Waals surface area (Å²) in [4.78, 5) is 38.3. The van der Waals surface area contributed by atoms with Crippen molar-refractivity contribution < 1.29 is 42.5 Å². The van der Waals surface area contributed by atoms with Gasteiger partial charge in [0, 0.05) is 0 Å². The largest absolute Gasteiger partial charge is 0.481 e. The van der Waals surface area contributed by atoms with E-state index < -0.39 is 46.7 Å². The van der Waals surface area contributed by atoms with Crippen LogP contribution >= 0.6 is 15.6 Å². The van der Waals surface area contributed by atoms with Crippen LogP contribution in [0.2, 0.25) is 0 Å². The van der Waals surface area contributed by atoms with Crippen LogP contribution in [0.25, 0.3) is 11.2 Å². The standard InChI is InChI=1S/C10H16N6O9P2/c11-5-4(1-23-27(21,22)25-26(18,19)20)24-10(7(5)17)16-3-15-6-8(12)13-2-14-9(6)16/h2-5,7,10,17H,1,11H2,(H,21,22)(H2,12,13,14)(H2,18,19,20)/t4-,5-,7+,10+/m0/s1. The van der Waals surface area contributed by atoms with Gasteiger partial charge in [-0.25, -0.2) is 24.1 Å². The number of aliphatic hydroxyl groups excluding tert-OH is 1. The van der Waals surface area contributed by atoms with Crippen molar-refractivity contribution in [2.45, 2.75) is 24.5 Å². The highest BCUT2D eigenvalue weighted by Crippen LogP contribution is 2.57. The quantitative estimate of drug-likeness (QED) is 0.280. The van der Waals surface area contributed by atoms with Crippen molar-refractivity contribution in [2.24, 2.45) is 5.73 Å². The predicted molar refractivity (Wildman–Crippen MR) is 86.5 cm³/mol. The lowest BCUT2D eigenvalue weighted by molar-refractivity contribution is -0.0482. The summed E-state index contributed by atoms with van der Waals surface area (Å²) >= 11 is 0. The minimum Gasteiger partial charge on any atom is -0.387 e. The summed E-state index contributed by atoms with van der Waals surface area (Å²) in [7, 11) is -10.3. The number of nitrogens with two attached hydrogens (primary N) is 2. The first-order chi connectivity index (χ1) is 12.5. The lowest BCUT2D eigenvalue weighted by atomic mass is 10.1. The fourth-order valence-corrected chi connectivity index (χ4v) is 4.12. The van der Waals surface area contributed by atoms with Gasteiger partial charge in [-0.05, 0) is 0 Å². The van der Waals surface area contributed by atoms with E-state index in [-0.39, 0.29) is 17.0 Å². The maximum absolute atomic E-state index is 11.5. The molecular weight excluding hydrogens is 410 g/mol. The zero-order chi connectivity index (χ0) is 20.0. The molecule has 3 rings (SSSR count).